The summed E-state index contributed by atoms with van der Waals surface area (Å²) in [7, 11) is 0. The molecule has 92 valence electrons. The van der Waals surface area contributed by atoms with E-state index in [0.29, 0.717) is 6.54 Å². The molecule has 0 fully saturated rings. The lowest BCUT2D eigenvalue weighted by atomic mass is 10.1. The number of hydrogen-bond acceptors (Lipinski definition) is 2. The van der Waals surface area contributed by atoms with E-state index in [1.54, 1.807) is 0 Å². The highest BCUT2D eigenvalue weighted by atomic mass is 127. The first-order valence-corrected chi connectivity index (χ1v) is 6.41. The van der Waals surface area contributed by atoms with Crippen LogP contribution in [-0.2, 0) is 0 Å². The number of benzene rings is 1. The molecule has 1 aromatic rings. The predicted molar refractivity (Wildman–Crippen MR) is 79.2 cm³/mol. The smallest absolute Gasteiger partial charge is 0.0916 e. The molecule has 1 rings (SSSR count). The van der Waals surface area contributed by atoms with E-state index >= 15 is 0 Å². The predicted octanol–water partition coefficient (Wildman–Crippen LogP) is 3.09. The summed E-state index contributed by atoms with van der Waals surface area (Å²) in [6.45, 7) is 6.91. The third kappa shape index (κ3) is 4.99. The molecule has 0 aliphatic rings. The van der Waals surface area contributed by atoms with Gasteiger partial charge in [0, 0.05) is 10.1 Å². The third-order valence-corrected chi connectivity index (χ3v) is 3.30. The molecule has 16 heavy (non-hydrogen) atoms. The molecular formula is C12H19ClINO. The molecular weight excluding hydrogens is 336 g/mol. The molecule has 1 N–H and O–H groups in total. The van der Waals surface area contributed by atoms with E-state index in [4.69, 9.17) is 0 Å². The van der Waals surface area contributed by atoms with Crippen LogP contribution in [0.25, 0.3) is 0 Å². The molecule has 1 aromatic carbocycles. The van der Waals surface area contributed by atoms with Crippen LogP contribution in [0.15, 0.2) is 24.3 Å². The number of aliphatic hydroxyl groups excluding tert-OH is 1. The highest BCUT2D eigenvalue weighted by Gasteiger charge is 2.10. The molecule has 0 heterocycles. The van der Waals surface area contributed by atoms with Crippen molar-refractivity contribution in [2.75, 3.05) is 19.6 Å². The fourth-order valence-electron chi connectivity index (χ4n) is 1.52. The molecule has 0 saturated carbocycles. The van der Waals surface area contributed by atoms with Gasteiger partial charge in [0.15, 0.2) is 0 Å². The molecule has 1 unspecified atom stereocenters. The Balaban J connectivity index is 0.00000225. The Kier molecular flexibility index (Phi) is 8.36. The second-order valence-electron chi connectivity index (χ2n) is 3.55. The summed E-state index contributed by atoms with van der Waals surface area (Å²) in [5, 5.41) is 10.00. The quantitative estimate of drug-likeness (QED) is 0.821. The van der Waals surface area contributed by atoms with Crippen LogP contribution in [0.5, 0.6) is 0 Å². The highest BCUT2D eigenvalue weighted by molar-refractivity contribution is 14.1. The second kappa shape index (κ2) is 8.28. The second-order valence-corrected chi connectivity index (χ2v) is 4.80. The van der Waals surface area contributed by atoms with Gasteiger partial charge in [-0.3, -0.25) is 0 Å². The fourth-order valence-corrected chi connectivity index (χ4v) is 1.88. The standard InChI is InChI=1S/C12H18INO.ClH/c1-3-14(4-2)9-12(15)10-5-7-11(13)8-6-10;/h5-8,12,15H,3-4,9H2,1-2H3;1H. The number of likely N-dealkylation sites (N-methyl/N-ethyl adjacent to an activating group) is 1. The van der Waals surface area contributed by atoms with Gasteiger partial charge in [0.2, 0.25) is 0 Å². The van der Waals surface area contributed by atoms with Crippen molar-refractivity contribution >= 4 is 35.0 Å². The van der Waals surface area contributed by atoms with Crippen molar-refractivity contribution in [3.8, 4) is 0 Å². The summed E-state index contributed by atoms with van der Waals surface area (Å²) >= 11 is 2.27. The number of hydrogen-bond donors (Lipinski definition) is 1. The van der Waals surface area contributed by atoms with Crippen molar-refractivity contribution in [3.63, 3.8) is 0 Å². The van der Waals surface area contributed by atoms with Crippen molar-refractivity contribution < 1.29 is 5.11 Å². The lowest BCUT2D eigenvalue weighted by Crippen LogP contribution is -2.28. The minimum Gasteiger partial charge on any atom is -0.387 e. The van der Waals surface area contributed by atoms with Crippen LogP contribution in [-0.4, -0.2) is 29.6 Å². The van der Waals surface area contributed by atoms with E-state index in [9.17, 15) is 5.11 Å². The molecule has 2 nitrogen and oxygen atoms in total. The number of nitrogens with zero attached hydrogens (tertiary/aromatic N) is 1. The van der Waals surface area contributed by atoms with Crippen molar-refractivity contribution in [2.45, 2.75) is 20.0 Å². The summed E-state index contributed by atoms with van der Waals surface area (Å²) in [6.07, 6.45) is -0.373. The van der Waals surface area contributed by atoms with Gasteiger partial charge in [-0.25, -0.2) is 0 Å². The van der Waals surface area contributed by atoms with Gasteiger partial charge in [0.05, 0.1) is 6.10 Å². The Morgan fingerprint density at radius 2 is 1.69 bits per heavy atom. The molecule has 0 bridgehead atoms. The van der Waals surface area contributed by atoms with Crippen LogP contribution in [0.2, 0.25) is 0 Å². The van der Waals surface area contributed by atoms with Gasteiger partial charge in [-0.05, 0) is 53.4 Å². The summed E-state index contributed by atoms with van der Waals surface area (Å²) in [4.78, 5) is 2.22. The zero-order valence-corrected chi connectivity index (χ0v) is 12.7. The van der Waals surface area contributed by atoms with Crippen LogP contribution in [0.1, 0.15) is 25.5 Å². The van der Waals surface area contributed by atoms with Crippen molar-refractivity contribution in [1.29, 1.82) is 0 Å². The van der Waals surface area contributed by atoms with Gasteiger partial charge in [-0.2, -0.15) is 0 Å². The average Bonchev–Trinajstić information content (AvgIpc) is 2.26. The molecule has 0 aliphatic carbocycles. The van der Waals surface area contributed by atoms with E-state index in [1.165, 1.54) is 3.57 Å². The Morgan fingerprint density at radius 3 is 2.12 bits per heavy atom. The minimum absolute atomic E-state index is 0. The van der Waals surface area contributed by atoms with Gasteiger partial charge in [-0.15, -0.1) is 12.4 Å². The maximum absolute atomic E-state index is 10.00. The minimum atomic E-state index is -0.373. The first-order chi connectivity index (χ1) is 7.17. The van der Waals surface area contributed by atoms with Gasteiger partial charge < -0.3 is 10.0 Å². The molecule has 0 radical (unpaired) electrons. The fraction of sp³-hybridized carbons (Fsp3) is 0.500. The number of rotatable bonds is 5. The first-order valence-electron chi connectivity index (χ1n) is 5.33. The summed E-state index contributed by atoms with van der Waals surface area (Å²) < 4.78 is 1.20. The number of aliphatic hydroxyl groups is 1. The van der Waals surface area contributed by atoms with Crippen LogP contribution in [0, 0.1) is 3.57 Å². The maximum Gasteiger partial charge on any atom is 0.0916 e. The summed E-state index contributed by atoms with van der Waals surface area (Å²) in [6, 6.07) is 8.05. The molecule has 0 spiro atoms. The number of halogens is 2. The topological polar surface area (TPSA) is 23.5 Å². The first kappa shape index (κ1) is 16.2. The van der Waals surface area contributed by atoms with Crippen LogP contribution >= 0.6 is 35.0 Å². The van der Waals surface area contributed by atoms with E-state index in [-0.39, 0.29) is 18.5 Å². The maximum atomic E-state index is 10.00. The zero-order chi connectivity index (χ0) is 11.3. The van der Waals surface area contributed by atoms with Crippen LogP contribution in [0.4, 0.5) is 0 Å². The highest BCUT2D eigenvalue weighted by Crippen LogP contribution is 2.15. The van der Waals surface area contributed by atoms with Gasteiger partial charge in [-0.1, -0.05) is 26.0 Å². The Labute approximate surface area is 118 Å². The normalized spacial score (nSPS) is 12.3. The van der Waals surface area contributed by atoms with Gasteiger partial charge >= 0.3 is 0 Å². The Hall–Kier alpha value is 0.160. The van der Waals surface area contributed by atoms with Gasteiger partial charge in [0.1, 0.15) is 0 Å². The lowest BCUT2D eigenvalue weighted by molar-refractivity contribution is 0.119. The summed E-state index contributed by atoms with van der Waals surface area (Å²) in [5.74, 6) is 0. The lowest BCUT2D eigenvalue weighted by Gasteiger charge is -2.22. The monoisotopic (exact) mass is 355 g/mol. The van der Waals surface area contributed by atoms with Gasteiger partial charge in [0.25, 0.3) is 0 Å². The molecule has 0 aliphatic heterocycles. The van der Waals surface area contributed by atoms with Crippen LogP contribution in [0.3, 0.4) is 0 Å². The van der Waals surface area contributed by atoms with Crippen molar-refractivity contribution in [2.24, 2.45) is 0 Å². The Bertz CT molecular complexity index is 288. The average molecular weight is 356 g/mol. The van der Waals surface area contributed by atoms with E-state index in [1.807, 2.05) is 24.3 Å². The van der Waals surface area contributed by atoms with Crippen LogP contribution < -0.4 is 0 Å². The molecule has 0 saturated heterocycles. The van der Waals surface area contributed by atoms with Crippen molar-refractivity contribution in [1.82, 2.24) is 4.90 Å². The molecule has 4 heteroatoms. The van der Waals surface area contributed by atoms with E-state index in [2.05, 4.69) is 41.3 Å². The van der Waals surface area contributed by atoms with E-state index in [0.717, 1.165) is 18.7 Å². The molecule has 1 atom stereocenters. The zero-order valence-electron chi connectivity index (χ0n) is 9.69. The largest absolute Gasteiger partial charge is 0.387 e. The summed E-state index contributed by atoms with van der Waals surface area (Å²) in [5.41, 5.74) is 1.00. The van der Waals surface area contributed by atoms with E-state index < -0.39 is 0 Å². The SMILES string of the molecule is CCN(CC)CC(O)c1ccc(I)cc1.Cl. The molecule has 0 aromatic heterocycles. The van der Waals surface area contributed by atoms with Crippen molar-refractivity contribution in [3.05, 3.63) is 33.4 Å². The third-order valence-electron chi connectivity index (χ3n) is 2.58. The Morgan fingerprint density at radius 1 is 1.19 bits per heavy atom. The molecule has 0 amide bonds.